The standard InChI is InChI=1S/C19H19ClN4O/c20-15-5-3-14(4-6-15)16-10-17-18(23-9-8-22-17)19(24-16)25-12-13-2-1-7-21-11-13/h3-6,8-10,13,21H,1-2,7,11-12H2/t13-/m0/s1. The monoisotopic (exact) mass is 354 g/mol. The molecule has 25 heavy (non-hydrogen) atoms. The van der Waals surface area contributed by atoms with E-state index in [1.165, 1.54) is 12.8 Å². The lowest BCUT2D eigenvalue weighted by Gasteiger charge is -2.22. The molecule has 0 amide bonds. The first kappa shape index (κ1) is 16.2. The van der Waals surface area contributed by atoms with Gasteiger partial charge in [0.25, 0.3) is 0 Å². The number of nitrogens with one attached hydrogen (secondary N) is 1. The second kappa shape index (κ2) is 7.33. The van der Waals surface area contributed by atoms with Crippen LogP contribution in [0.4, 0.5) is 0 Å². The van der Waals surface area contributed by atoms with E-state index in [1.54, 1.807) is 12.4 Å². The fourth-order valence-electron chi connectivity index (χ4n) is 3.08. The third kappa shape index (κ3) is 3.72. The van der Waals surface area contributed by atoms with Crippen molar-refractivity contribution >= 4 is 22.6 Å². The summed E-state index contributed by atoms with van der Waals surface area (Å²) in [5, 5.41) is 4.11. The predicted octanol–water partition coefficient (Wildman–Crippen LogP) is 3.72. The van der Waals surface area contributed by atoms with Crippen molar-refractivity contribution in [1.29, 1.82) is 0 Å². The second-order valence-electron chi connectivity index (χ2n) is 6.27. The molecule has 1 atom stereocenters. The number of nitrogens with zero attached hydrogens (tertiary/aromatic N) is 3. The number of benzene rings is 1. The van der Waals surface area contributed by atoms with Gasteiger partial charge in [-0.1, -0.05) is 23.7 Å². The van der Waals surface area contributed by atoms with Crippen LogP contribution in [0, 0.1) is 5.92 Å². The number of rotatable bonds is 4. The van der Waals surface area contributed by atoms with Gasteiger partial charge in [0.15, 0.2) is 5.52 Å². The molecule has 0 bridgehead atoms. The summed E-state index contributed by atoms with van der Waals surface area (Å²) in [5.41, 5.74) is 3.26. The van der Waals surface area contributed by atoms with Crippen LogP contribution < -0.4 is 10.1 Å². The van der Waals surface area contributed by atoms with Crippen LogP contribution in [0.15, 0.2) is 42.7 Å². The van der Waals surface area contributed by atoms with Crippen LogP contribution in [-0.2, 0) is 0 Å². The van der Waals surface area contributed by atoms with E-state index >= 15 is 0 Å². The van der Waals surface area contributed by atoms with E-state index in [4.69, 9.17) is 21.3 Å². The highest BCUT2D eigenvalue weighted by Gasteiger charge is 2.16. The molecule has 3 heterocycles. The quantitative estimate of drug-likeness (QED) is 0.773. The smallest absolute Gasteiger partial charge is 0.242 e. The molecule has 1 aromatic carbocycles. The van der Waals surface area contributed by atoms with Crippen molar-refractivity contribution in [2.75, 3.05) is 19.7 Å². The summed E-state index contributed by atoms with van der Waals surface area (Å²) < 4.78 is 6.06. The molecule has 5 nitrogen and oxygen atoms in total. The third-order valence-electron chi connectivity index (χ3n) is 4.42. The summed E-state index contributed by atoms with van der Waals surface area (Å²) in [6.07, 6.45) is 5.71. The second-order valence-corrected chi connectivity index (χ2v) is 6.70. The normalized spacial score (nSPS) is 17.6. The molecule has 1 fully saturated rings. The Labute approximate surface area is 151 Å². The first-order chi connectivity index (χ1) is 12.3. The van der Waals surface area contributed by atoms with Gasteiger partial charge in [0, 0.05) is 35.4 Å². The molecule has 1 saturated heterocycles. The summed E-state index contributed by atoms with van der Waals surface area (Å²) in [7, 11) is 0. The van der Waals surface area contributed by atoms with Crippen molar-refractivity contribution in [2.24, 2.45) is 5.92 Å². The van der Waals surface area contributed by atoms with E-state index < -0.39 is 0 Å². The molecule has 2 aromatic heterocycles. The summed E-state index contributed by atoms with van der Waals surface area (Å²) in [6, 6.07) is 9.53. The number of fused-ring (bicyclic) bond motifs is 1. The van der Waals surface area contributed by atoms with E-state index in [0.29, 0.717) is 28.9 Å². The summed E-state index contributed by atoms with van der Waals surface area (Å²) in [4.78, 5) is 13.5. The molecule has 0 aliphatic carbocycles. The van der Waals surface area contributed by atoms with Crippen molar-refractivity contribution in [2.45, 2.75) is 12.8 Å². The van der Waals surface area contributed by atoms with Gasteiger partial charge in [-0.3, -0.25) is 4.98 Å². The number of ether oxygens (including phenoxy) is 1. The average Bonchev–Trinajstić information content (AvgIpc) is 2.67. The number of halogens is 1. The van der Waals surface area contributed by atoms with Crippen molar-refractivity contribution < 1.29 is 4.74 Å². The van der Waals surface area contributed by atoms with Crippen LogP contribution in [0.2, 0.25) is 5.02 Å². The highest BCUT2D eigenvalue weighted by atomic mass is 35.5. The van der Waals surface area contributed by atoms with Gasteiger partial charge in [0.05, 0.1) is 17.8 Å². The summed E-state index contributed by atoms with van der Waals surface area (Å²) in [5.74, 6) is 1.04. The largest absolute Gasteiger partial charge is 0.476 e. The van der Waals surface area contributed by atoms with Gasteiger partial charge in [-0.05, 0) is 37.6 Å². The van der Waals surface area contributed by atoms with E-state index in [-0.39, 0.29) is 0 Å². The molecule has 0 spiro atoms. The van der Waals surface area contributed by atoms with E-state index in [9.17, 15) is 0 Å². The van der Waals surface area contributed by atoms with Crippen LogP contribution in [0.1, 0.15) is 12.8 Å². The highest BCUT2D eigenvalue weighted by Crippen LogP contribution is 2.28. The van der Waals surface area contributed by atoms with Crippen LogP contribution in [0.3, 0.4) is 0 Å². The Kier molecular flexibility index (Phi) is 4.76. The Balaban J connectivity index is 1.67. The van der Waals surface area contributed by atoms with Crippen molar-refractivity contribution in [3.8, 4) is 17.1 Å². The third-order valence-corrected chi connectivity index (χ3v) is 4.67. The Hall–Kier alpha value is -2.24. The zero-order valence-electron chi connectivity index (χ0n) is 13.8. The molecular formula is C19H19ClN4O. The first-order valence-electron chi connectivity index (χ1n) is 8.51. The minimum atomic E-state index is 0.501. The molecular weight excluding hydrogens is 336 g/mol. The van der Waals surface area contributed by atoms with Crippen LogP contribution in [-0.4, -0.2) is 34.6 Å². The highest BCUT2D eigenvalue weighted by molar-refractivity contribution is 6.30. The molecule has 3 aromatic rings. The molecule has 1 aliphatic rings. The Morgan fingerprint density at radius 2 is 2.00 bits per heavy atom. The van der Waals surface area contributed by atoms with Gasteiger partial charge in [-0.25, -0.2) is 9.97 Å². The number of piperidine rings is 1. The lowest BCUT2D eigenvalue weighted by Crippen LogP contribution is -2.33. The molecule has 0 unspecified atom stereocenters. The van der Waals surface area contributed by atoms with Gasteiger partial charge < -0.3 is 10.1 Å². The maximum atomic E-state index is 6.06. The van der Waals surface area contributed by atoms with E-state index in [0.717, 1.165) is 29.9 Å². The minimum Gasteiger partial charge on any atom is -0.476 e. The van der Waals surface area contributed by atoms with Crippen LogP contribution in [0.5, 0.6) is 5.88 Å². The van der Waals surface area contributed by atoms with Gasteiger partial charge in [-0.15, -0.1) is 0 Å². The molecule has 1 N–H and O–H groups in total. The number of pyridine rings is 1. The van der Waals surface area contributed by atoms with E-state index in [1.807, 2.05) is 30.3 Å². The summed E-state index contributed by atoms with van der Waals surface area (Å²) >= 11 is 5.99. The number of hydrogen-bond acceptors (Lipinski definition) is 5. The predicted molar refractivity (Wildman–Crippen MR) is 98.9 cm³/mol. The van der Waals surface area contributed by atoms with Crippen molar-refractivity contribution in [1.82, 2.24) is 20.3 Å². The number of aromatic nitrogens is 3. The zero-order chi connectivity index (χ0) is 17.1. The van der Waals surface area contributed by atoms with Crippen LogP contribution in [0.25, 0.3) is 22.3 Å². The topological polar surface area (TPSA) is 59.9 Å². The molecule has 0 radical (unpaired) electrons. The van der Waals surface area contributed by atoms with E-state index in [2.05, 4.69) is 15.3 Å². The number of hydrogen-bond donors (Lipinski definition) is 1. The maximum Gasteiger partial charge on any atom is 0.242 e. The lowest BCUT2D eigenvalue weighted by atomic mass is 10.0. The Morgan fingerprint density at radius 3 is 2.80 bits per heavy atom. The molecule has 128 valence electrons. The lowest BCUT2D eigenvalue weighted by molar-refractivity contribution is 0.214. The average molecular weight is 355 g/mol. The molecule has 1 aliphatic heterocycles. The molecule has 0 saturated carbocycles. The zero-order valence-corrected chi connectivity index (χ0v) is 14.5. The van der Waals surface area contributed by atoms with Crippen molar-refractivity contribution in [3.63, 3.8) is 0 Å². The van der Waals surface area contributed by atoms with Gasteiger partial charge in [0.1, 0.15) is 0 Å². The van der Waals surface area contributed by atoms with Crippen molar-refractivity contribution in [3.05, 3.63) is 47.7 Å². The van der Waals surface area contributed by atoms with Crippen LogP contribution >= 0.6 is 11.6 Å². The molecule has 6 heteroatoms. The fraction of sp³-hybridized carbons (Fsp3) is 0.316. The summed E-state index contributed by atoms with van der Waals surface area (Å²) in [6.45, 7) is 2.71. The molecule has 4 rings (SSSR count). The van der Waals surface area contributed by atoms with Gasteiger partial charge >= 0.3 is 0 Å². The fourth-order valence-corrected chi connectivity index (χ4v) is 3.20. The Bertz CT molecular complexity index is 863. The maximum absolute atomic E-state index is 6.06. The first-order valence-corrected chi connectivity index (χ1v) is 8.88. The SMILES string of the molecule is Clc1ccc(-c2cc3nccnc3c(OC[C@H]3CCCNC3)n2)cc1. The van der Waals surface area contributed by atoms with Gasteiger partial charge in [-0.2, -0.15) is 0 Å². The van der Waals surface area contributed by atoms with Gasteiger partial charge in [0.2, 0.25) is 5.88 Å². The minimum absolute atomic E-state index is 0.501. The Morgan fingerprint density at radius 1 is 1.16 bits per heavy atom.